The summed E-state index contributed by atoms with van der Waals surface area (Å²) >= 11 is 6.48. The highest BCUT2D eigenvalue weighted by Crippen LogP contribution is 2.40. The molecular formula is C15H17ClO2S. The highest BCUT2D eigenvalue weighted by atomic mass is 35.5. The lowest BCUT2D eigenvalue weighted by molar-refractivity contribution is 0.544. The monoisotopic (exact) mass is 296 g/mol. The van der Waals surface area contributed by atoms with E-state index in [9.17, 15) is 8.42 Å². The Morgan fingerprint density at radius 2 is 1.63 bits per heavy atom. The third-order valence-electron chi connectivity index (χ3n) is 3.66. The summed E-state index contributed by atoms with van der Waals surface area (Å²) in [7, 11) is -3.25. The van der Waals surface area contributed by atoms with E-state index < -0.39 is 20.0 Å². The van der Waals surface area contributed by atoms with E-state index in [0.29, 0.717) is 0 Å². The van der Waals surface area contributed by atoms with Crippen molar-refractivity contribution >= 4 is 32.2 Å². The number of sulfone groups is 1. The van der Waals surface area contributed by atoms with Crippen molar-refractivity contribution in [2.24, 2.45) is 0 Å². The van der Waals surface area contributed by atoms with Gasteiger partial charge in [0.05, 0.1) is 10.1 Å². The van der Waals surface area contributed by atoms with Crippen LogP contribution in [0.5, 0.6) is 0 Å². The number of rotatable bonds is 3. The van der Waals surface area contributed by atoms with Gasteiger partial charge in [-0.3, -0.25) is 0 Å². The lowest BCUT2D eigenvalue weighted by Gasteiger charge is -2.29. The maximum atomic E-state index is 11.9. The van der Waals surface area contributed by atoms with Gasteiger partial charge in [-0.2, -0.15) is 0 Å². The van der Waals surface area contributed by atoms with Crippen LogP contribution in [0.3, 0.4) is 0 Å². The van der Waals surface area contributed by atoms with Crippen molar-refractivity contribution in [3.05, 3.63) is 48.0 Å². The maximum absolute atomic E-state index is 11.9. The Balaban J connectivity index is 2.63. The summed E-state index contributed by atoms with van der Waals surface area (Å²) in [5.41, 5.74) is 0.857. The number of hydrogen-bond acceptors (Lipinski definition) is 2. The van der Waals surface area contributed by atoms with Gasteiger partial charge in [-0.1, -0.05) is 42.5 Å². The van der Waals surface area contributed by atoms with Crippen LogP contribution in [0, 0.1) is 0 Å². The van der Waals surface area contributed by atoms with Crippen LogP contribution in [-0.2, 0) is 9.84 Å². The molecular weight excluding hydrogens is 280 g/mol. The van der Waals surface area contributed by atoms with Crippen LogP contribution in [0.2, 0.25) is 0 Å². The Labute approximate surface area is 119 Å². The lowest BCUT2D eigenvalue weighted by Crippen LogP contribution is -2.35. The second-order valence-electron chi connectivity index (χ2n) is 5.31. The van der Waals surface area contributed by atoms with Crippen LogP contribution in [0.4, 0.5) is 0 Å². The predicted octanol–water partition coefficient (Wildman–Crippen LogP) is 3.94. The molecule has 0 bridgehead atoms. The maximum Gasteiger partial charge on any atom is 0.154 e. The summed E-state index contributed by atoms with van der Waals surface area (Å²) < 4.78 is 22.8. The Hall–Kier alpha value is -1.06. The summed E-state index contributed by atoms with van der Waals surface area (Å²) in [6.45, 7) is 3.34. The third kappa shape index (κ3) is 2.49. The number of hydrogen-bond donors (Lipinski definition) is 0. The number of alkyl halides is 1. The number of benzene rings is 2. The zero-order valence-corrected chi connectivity index (χ0v) is 12.8. The van der Waals surface area contributed by atoms with Crippen LogP contribution >= 0.6 is 11.6 Å². The highest BCUT2D eigenvalue weighted by molar-refractivity contribution is 7.92. The van der Waals surface area contributed by atoms with E-state index in [2.05, 4.69) is 0 Å². The second kappa shape index (κ2) is 4.80. The zero-order valence-electron chi connectivity index (χ0n) is 11.2. The molecule has 0 amide bonds. The van der Waals surface area contributed by atoms with E-state index in [-0.39, 0.29) is 0 Å². The first-order valence-electron chi connectivity index (χ1n) is 6.06. The van der Waals surface area contributed by atoms with Crippen LogP contribution in [0.1, 0.15) is 24.8 Å². The Bertz CT molecular complexity index is 700. The topological polar surface area (TPSA) is 34.1 Å². The third-order valence-corrected chi connectivity index (χ3v) is 6.72. The molecule has 4 heteroatoms. The van der Waals surface area contributed by atoms with Crippen molar-refractivity contribution < 1.29 is 8.42 Å². The fourth-order valence-electron chi connectivity index (χ4n) is 2.03. The fourth-order valence-corrected chi connectivity index (χ4v) is 3.21. The highest BCUT2D eigenvalue weighted by Gasteiger charge is 2.39. The molecule has 102 valence electrons. The molecule has 2 nitrogen and oxygen atoms in total. The first-order chi connectivity index (χ1) is 8.75. The van der Waals surface area contributed by atoms with Crippen LogP contribution in [0.25, 0.3) is 10.8 Å². The largest absolute Gasteiger partial charge is 0.229 e. The molecule has 2 aromatic carbocycles. The molecule has 0 aromatic heterocycles. The van der Waals surface area contributed by atoms with E-state index in [1.54, 1.807) is 13.8 Å². The molecule has 2 rings (SSSR count). The quantitative estimate of drug-likeness (QED) is 0.804. The standard InChI is InChI=1S/C15H17ClO2S/c1-15(2,19(3,17)18)14(16)13-10-6-8-11-7-4-5-9-12(11)13/h4-10,14H,1-3H3. The summed E-state index contributed by atoms with van der Waals surface area (Å²) in [5, 5.41) is 1.48. The molecule has 0 fully saturated rings. The average Bonchev–Trinajstić information content (AvgIpc) is 2.36. The van der Waals surface area contributed by atoms with Gasteiger partial charge >= 0.3 is 0 Å². The molecule has 19 heavy (non-hydrogen) atoms. The van der Waals surface area contributed by atoms with Crippen molar-refractivity contribution in [3.63, 3.8) is 0 Å². The first kappa shape index (κ1) is 14.4. The molecule has 0 aliphatic heterocycles. The lowest BCUT2D eigenvalue weighted by atomic mass is 9.96. The predicted molar refractivity (Wildman–Crippen MR) is 81.5 cm³/mol. The molecule has 0 radical (unpaired) electrons. The van der Waals surface area contributed by atoms with Gasteiger partial charge in [0, 0.05) is 6.26 Å². The minimum Gasteiger partial charge on any atom is -0.229 e. The molecule has 0 spiro atoms. The van der Waals surface area contributed by atoms with Crippen LogP contribution in [-0.4, -0.2) is 19.4 Å². The van der Waals surface area contributed by atoms with Gasteiger partial charge in [0.15, 0.2) is 9.84 Å². The van der Waals surface area contributed by atoms with Gasteiger partial charge in [0.2, 0.25) is 0 Å². The van der Waals surface area contributed by atoms with E-state index in [0.717, 1.165) is 16.3 Å². The van der Waals surface area contributed by atoms with Crippen molar-refractivity contribution in [1.29, 1.82) is 0 Å². The summed E-state index contributed by atoms with van der Waals surface area (Å²) in [4.78, 5) is 0. The normalized spacial score (nSPS) is 14.5. The van der Waals surface area contributed by atoms with Gasteiger partial charge in [0.1, 0.15) is 0 Å². The molecule has 0 heterocycles. The Morgan fingerprint density at radius 1 is 1.05 bits per heavy atom. The van der Waals surface area contributed by atoms with Gasteiger partial charge < -0.3 is 0 Å². The van der Waals surface area contributed by atoms with Gasteiger partial charge in [-0.15, -0.1) is 11.6 Å². The summed E-state index contributed by atoms with van der Waals surface area (Å²) in [6.07, 6.45) is 1.23. The summed E-state index contributed by atoms with van der Waals surface area (Å²) in [5.74, 6) is 0. The second-order valence-corrected chi connectivity index (χ2v) is 8.34. The summed E-state index contributed by atoms with van der Waals surface area (Å²) in [6, 6.07) is 13.7. The molecule has 0 saturated carbocycles. The molecule has 1 atom stereocenters. The number of fused-ring (bicyclic) bond motifs is 1. The van der Waals surface area contributed by atoms with Crippen molar-refractivity contribution in [2.75, 3.05) is 6.26 Å². The van der Waals surface area contributed by atoms with Crippen LogP contribution in [0.15, 0.2) is 42.5 Å². The van der Waals surface area contributed by atoms with Crippen LogP contribution < -0.4 is 0 Å². The smallest absolute Gasteiger partial charge is 0.154 e. The Kier molecular flexibility index (Phi) is 3.63. The molecule has 0 aliphatic rings. The van der Waals surface area contributed by atoms with Crippen molar-refractivity contribution in [1.82, 2.24) is 0 Å². The first-order valence-corrected chi connectivity index (χ1v) is 8.39. The van der Waals surface area contributed by atoms with Gasteiger partial charge in [-0.05, 0) is 30.2 Å². The fraction of sp³-hybridized carbons (Fsp3) is 0.333. The average molecular weight is 297 g/mol. The minimum atomic E-state index is -3.25. The van der Waals surface area contributed by atoms with Crippen molar-refractivity contribution in [3.8, 4) is 0 Å². The van der Waals surface area contributed by atoms with Crippen molar-refractivity contribution in [2.45, 2.75) is 24.0 Å². The molecule has 0 N–H and O–H groups in total. The van der Waals surface area contributed by atoms with E-state index in [4.69, 9.17) is 11.6 Å². The molecule has 1 unspecified atom stereocenters. The number of halogens is 1. The molecule has 2 aromatic rings. The minimum absolute atomic E-state index is 0.589. The SMILES string of the molecule is CC(C)(C(Cl)c1cccc2ccccc12)S(C)(=O)=O. The van der Waals surface area contributed by atoms with E-state index in [1.165, 1.54) is 6.26 Å². The Morgan fingerprint density at radius 3 is 2.26 bits per heavy atom. The van der Waals surface area contributed by atoms with E-state index >= 15 is 0 Å². The molecule has 0 saturated heterocycles. The van der Waals surface area contributed by atoms with E-state index in [1.807, 2.05) is 42.5 Å². The zero-order chi connectivity index (χ0) is 14.3. The van der Waals surface area contributed by atoms with Gasteiger partial charge in [-0.25, -0.2) is 8.42 Å². The van der Waals surface area contributed by atoms with Gasteiger partial charge in [0.25, 0.3) is 0 Å². The molecule has 0 aliphatic carbocycles.